The molecule has 4 N–H and O–H groups in total. The van der Waals surface area contributed by atoms with E-state index in [1.807, 2.05) is 86.6 Å². The van der Waals surface area contributed by atoms with Gasteiger partial charge in [0.2, 0.25) is 0 Å². The molecule has 0 bridgehead atoms. The van der Waals surface area contributed by atoms with Crippen LogP contribution in [0.4, 0.5) is 9.59 Å². The van der Waals surface area contributed by atoms with Crippen LogP contribution in [0, 0.1) is 5.92 Å². The molecule has 0 saturated heterocycles. The van der Waals surface area contributed by atoms with Crippen molar-refractivity contribution in [3.05, 3.63) is 102 Å². The molecule has 1 aromatic heterocycles. The summed E-state index contributed by atoms with van der Waals surface area (Å²) < 4.78 is 5.42. The highest BCUT2D eigenvalue weighted by molar-refractivity contribution is 5.78. The van der Waals surface area contributed by atoms with E-state index in [2.05, 4.69) is 20.9 Å². The van der Waals surface area contributed by atoms with E-state index in [1.54, 1.807) is 12.3 Å². The number of aromatic nitrogens is 1. The first-order chi connectivity index (χ1) is 19.8. The van der Waals surface area contributed by atoms with Crippen LogP contribution in [0.3, 0.4) is 0 Å². The van der Waals surface area contributed by atoms with Gasteiger partial charge in [0.05, 0.1) is 18.2 Å². The van der Waals surface area contributed by atoms with E-state index in [-0.39, 0.29) is 18.9 Å². The lowest BCUT2D eigenvalue weighted by molar-refractivity contribution is -0.109. The Kier molecular flexibility index (Phi) is 12.8. The monoisotopic (exact) mass is 560 g/mol. The van der Waals surface area contributed by atoms with Crippen LogP contribution in [-0.4, -0.2) is 52.7 Å². The molecule has 0 fully saturated rings. The molecule has 3 amide bonds. The average molecular weight is 561 g/mol. The zero-order valence-corrected chi connectivity index (χ0v) is 23.6. The number of aliphatic hydroxyl groups excluding tert-OH is 1. The summed E-state index contributed by atoms with van der Waals surface area (Å²) in [7, 11) is 0. The van der Waals surface area contributed by atoms with E-state index in [4.69, 9.17) is 4.74 Å². The number of pyridine rings is 1. The Bertz CT molecular complexity index is 1190. The number of nitrogens with one attached hydrogen (secondary N) is 3. The number of aldehydes is 1. The van der Waals surface area contributed by atoms with Crippen LogP contribution in [-0.2, 0) is 29.0 Å². The minimum absolute atomic E-state index is 0.0964. The second-order valence-corrected chi connectivity index (χ2v) is 10.5. The first kappa shape index (κ1) is 31.3. The fourth-order valence-corrected chi connectivity index (χ4v) is 4.54. The third-order valence-electron chi connectivity index (χ3n) is 6.53. The number of benzene rings is 2. The lowest BCUT2D eigenvalue weighted by atomic mass is 9.94. The van der Waals surface area contributed by atoms with Crippen LogP contribution in [0.1, 0.15) is 43.5 Å². The number of alkyl carbamates (subject to hydrolysis) is 1. The number of rotatable bonds is 15. The van der Waals surface area contributed by atoms with Gasteiger partial charge < -0.3 is 30.6 Å². The Morgan fingerprint density at radius 1 is 0.854 bits per heavy atom. The van der Waals surface area contributed by atoms with Crippen LogP contribution >= 0.6 is 0 Å². The largest absolute Gasteiger partial charge is 0.445 e. The molecular weight excluding hydrogens is 520 g/mol. The summed E-state index contributed by atoms with van der Waals surface area (Å²) in [5.41, 5.74) is 2.50. The van der Waals surface area contributed by atoms with Crippen molar-refractivity contribution in [3.63, 3.8) is 0 Å². The number of carbonyl (C=O) groups excluding carboxylic acids is 3. The van der Waals surface area contributed by atoms with Gasteiger partial charge in [-0.1, -0.05) is 80.6 Å². The van der Waals surface area contributed by atoms with E-state index in [9.17, 15) is 19.5 Å². The zero-order chi connectivity index (χ0) is 29.5. The third kappa shape index (κ3) is 11.8. The van der Waals surface area contributed by atoms with Gasteiger partial charge in [0.15, 0.2) is 0 Å². The van der Waals surface area contributed by atoms with Crippen molar-refractivity contribution in [2.75, 3.05) is 0 Å². The number of amides is 3. The Balaban J connectivity index is 1.72. The van der Waals surface area contributed by atoms with Crippen molar-refractivity contribution in [1.29, 1.82) is 0 Å². The molecule has 2 aromatic carbocycles. The summed E-state index contributed by atoms with van der Waals surface area (Å²) in [6.07, 6.45) is 2.04. The van der Waals surface area contributed by atoms with Gasteiger partial charge in [-0.2, -0.15) is 0 Å². The number of nitrogens with zero attached hydrogens (tertiary/aromatic N) is 1. The van der Waals surface area contributed by atoms with E-state index in [0.717, 1.165) is 23.1 Å². The second-order valence-electron chi connectivity index (χ2n) is 10.5. The SMILES string of the molecule is CC(C)C[C@@H](C=O)NC(=O)NC(Cc1ccccn1)CC(O)C(Cc1ccccc1)NC(=O)OCc1ccccc1. The highest BCUT2D eigenvalue weighted by Crippen LogP contribution is 2.14. The maximum Gasteiger partial charge on any atom is 0.407 e. The smallest absolute Gasteiger partial charge is 0.407 e. The third-order valence-corrected chi connectivity index (χ3v) is 6.53. The summed E-state index contributed by atoms with van der Waals surface area (Å²) in [6.45, 7) is 4.04. The number of hydrogen-bond acceptors (Lipinski definition) is 6. The summed E-state index contributed by atoms with van der Waals surface area (Å²) in [6, 6.07) is 22.0. The van der Waals surface area contributed by atoms with Crippen LogP contribution < -0.4 is 16.0 Å². The van der Waals surface area contributed by atoms with Crippen molar-refractivity contribution < 1.29 is 24.2 Å². The lowest BCUT2D eigenvalue weighted by Gasteiger charge is -2.28. The van der Waals surface area contributed by atoms with Gasteiger partial charge in [-0.15, -0.1) is 0 Å². The minimum atomic E-state index is -1.04. The Hall–Kier alpha value is -4.24. The normalized spacial score (nSPS) is 13.9. The van der Waals surface area contributed by atoms with E-state index in [1.165, 1.54) is 0 Å². The van der Waals surface area contributed by atoms with Crippen molar-refractivity contribution >= 4 is 18.4 Å². The van der Waals surface area contributed by atoms with Gasteiger partial charge in [0.25, 0.3) is 0 Å². The van der Waals surface area contributed by atoms with Crippen LogP contribution in [0.25, 0.3) is 0 Å². The highest BCUT2D eigenvalue weighted by atomic mass is 16.5. The molecule has 3 rings (SSSR count). The Morgan fingerprint density at radius 2 is 1.51 bits per heavy atom. The molecule has 0 spiro atoms. The van der Waals surface area contributed by atoms with Crippen molar-refractivity contribution in [2.45, 2.75) is 70.4 Å². The number of urea groups is 1. The second kappa shape index (κ2) is 16.8. The molecule has 0 aliphatic rings. The van der Waals surface area contributed by atoms with E-state index < -0.39 is 36.4 Å². The standard InChI is InChI=1S/C32H40N4O5/c1-23(2)17-28(21-37)35-31(39)34-27(19-26-15-9-10-16-33-26)20-30(38)29(18-24-11-5-3-6-12-24)36-32(40)41-22-25-13-7-4-8-14-25/h3-16,21,23,27-30,38H,17-20,22H2,1-2H3,(H,36,40)(H2,34,35,39)/t27?,28-,29?,30?/m0/s1. The highest BCUT2D eigenvalue weighted by Gasteiger charge is 2.27. The molecule has 41 heavy (non-hydrogen) atoms. The zero-order valence-electron chi connectivity index (χ0n) is 23.6. The number of aliphatic hydroxyl groups is 1. The number of hydrogen-bond donors (Lipinski definition) is 4. The molecule has 0 saturated carbocycles. The molecule has 0 aliphatic heterocycles. The summed E-state index contributed by atoms with van der Waals surface area (Å²) in [5.74, 6) is 0.225. The maximum atomic E-state index is 12.9. The van der Waals surface area contributed by atoms with Crippen LogP contribution in [0.15, 0.2) is 85.1 Å². The summed E-state index contributed by atoms with van der Waals surface area (Å²) >= 11 is 0. The van der Waals surface area contributed by atoms with Crippen molar-refractivity contribution in [3.8, 4) is 0 Å². The van der Waals surface area contributed by atoms with Gasteiger partial charge >= 0.3 is 12.1 Å². The molecule has 3 aromatic rings. The van der Waals surface area contributed by atoms with Gasteiger partial charge in [-0.05, 0) is 48.4 Å². The fourth-order valence-electron chi connectivity index (χ4n) is 4.54. The quantitative estimate of drug-likeness (QED) is 0.206. The molecule has 218 valence electrons. The topological polar surface area (TPSA) is 130 Å². The fraction of sp³-hybridized carbons (Fsp3) is 0.375. The van der Waals surface area contributed by atoms with Crippen LogP contribution in [0.5, 0.6) is 0 Å². The molecular formula is C32H40N4O5. The maximum absolute atomic E-state index is 12.9. The predicted octanol–water partition coefficient (Wildman–Crippen LogP) is 4.19. The Morgan fingerprint density at radius 3 is 2.12 bits per heavy atom. The van der Waals surface area contributed by atoms with E-state index >= 15 is 0 Å². The number of ether oxygens (including phenoxy) is 1. The average Bonchev–Trinajstić information content (AvgIpc) is 2.96. The molecule has 3 unspecified atom stereocenters. The van der Waals surface area contributed by atoms with Crippen molar-refractivity contribution in [2.24, 2.45) is 5.92 Å². The summed E-state index contributed by atoms with van der Waals surface area (Å²) in [4.78, 5) is 41.5. The van der Waals surface area contributed by atoms with Gasteiger partial charge in [0, 0.05) is 24.4 Å². The first-order valence-corrected chi connectivity index (χ1v) is 13.9. The van der Waals surface area contributed by atoms with Gasteiger partial charge in [-0.25, -0.2) is 9.59 Å². The summed E-state index contributed by atoms with van der Waals surface area (Å²) in [5, 5.41) is 19.8. The van der Waals surface area contributed by atoms with Crippen LogP contribution in [0.2, 0.25) is 0 Å². The minimum Gasteiger partial charge on any atom is -0.445 e. The Labute approximate surface area is 241 Å². The molecule has 0 aliphatic carbocycles. The molecule has 4 atom stereocenters. The lowest BCUT2D eigenvalue weighted by Crippen LogP contribution is -2.51. The first-order valence-electron chi connectivity index (χ1n) is 13.9. The molecule has 9 heteroatoms. The molecule has 9 nitrogen and oxygen atoms in total. The van der Waals surface area contributed by atoms with Gasteiger partial charge in [0.1, 0.15) is 12.9 Å². The molecule has 1 heterocycles. The number of carbonyl (C=O) groups is 3. The molecule has 0 radical (unpaired) electrons. The van der Waals surface area contributed by atoms with Gasteiger partial charge in [-0.3, -0.25) is 4.98 Å². The van der Waals surface area contributed by atoms with E-state index in [0.29, 0.717) is 19.3 Å². The predicted molar refractivity (Wildman–Crippen MR) is 157 cm³/mol. The van der Waals surface area contributed by atoms with Crippen molar-refractivity contribution in [1.82, 2.24) is 20.9 Å².